The number of ether oxygens (including phenoxy) is 2. The average molecular weight is 462 g/mol. The number of pyridine rings is 1. The van der Waals surface area contributed by atoms with Gasteiger partial charge in [-0.3, -0.25) is 4.98 Å². The van der Waals surface area contributed by atoms with E-state index in [1.165, 1.54) is 24.0 Å². The van der Waals surface area contributed by atoms with Gasteiger partial charge in [-0.15, -0.1) is 0 Å². The van der Waals surface area contributed by atoms with Crippen LogP contribution in [-0.2, 0) is 6.42 Å². The normalized spacial score (nSPS) is 18.8. The van der Waals surface area contributed by atoms with Crippen molar-refractivity contribution in [1.29, 1.82) is 0 Å². The summed E-state index contributed by atoms with van der Waals surface area (Å²) in [5, 5.41) is 5.81. The molecular weight excluding hydrogens is 426 g/mol. The van der Waals surface area contributed by atoms with Gasteiger partial charge < -0.3 is 20.1 Å². The van der Waals surface area contributed by atoms with E-state index in [4.69, 9.17) is 9.47 Å². The maximum atomic E-state index is 12.1. The molecule has 2 amide bonds. The van der Waals surface area contributed by atoms with Crippen LogP contribution in [-0.4, -0.2) is 30.8 Å². The van der Waals surface area contributed by atoms with Crippen LogP contribution in [0.3, 0.4) is 0 Å². The Labute approximate surface area is 202 Å². The van der Waals surface area contributed by atoms with Crippen molar-refractivity contribution in [2.45, 2.75) is 57.5 Å². The average Bonchev–Trinajstić information content (AvgIpc) is 3.36. The Balaban J connectivity index is 1.64. The third-order valence-corrected chi connectivity index (χ3v) is 6.58. The largest absolute Gasteiger partial charge is 0.493 e. The molecule has 0 radical (unpaired) electrons. The van der Waals surface area contributed by atoms with Gasteiger partial charge in [-0.2, -0.15) is 0 Å². The van der Waals surface area contributed by atoms with Crippen molar-refractivity contribution in [3.63, 3.8) is 0 Å². The van der Waals surface area contributed by atoms with Crippen molar-refractivity contribution in [1.82, 2.24) is 15.6 Å². The Morgan fingerprint density at radius 1 is 1.15 bits per heavy atom. The van der Waals surface area contributed by atoms with E-state index in [9.17, 15) is 4.79 Å². The van der Waals surface area contributed by atoms with Crippen LogP contribution in [0.5, 0.6) is 11.5 Å². The molecule has 2 unspecified atom stereocenters. The van der Waals surface area contributed by atoms with Crippen molar-refractivity contribution in [2.75, 3.05) is 13.7 Å². The Morgan fingerprint density at radius 2 is 1.94 bits per heavy atom. The summed E-state index contributed by atoms with van der Waals surface area (Å²) in [5.41, 5.74) is 3.34. The molecule has 0 aliphatic heterocycles. The number of carbonyl (C=O) groups excluding carboxylic acids is 1. The minimum absolute atomic E-state index is 0.131. The van der Waals surface area contributed by atoms with Gasteiger partial charge in [-0.1, -0.05) is 24.3 Å². The highest BCUT2D eigenvalue weighted by atomic mass is 16.5. The summed E-state index contributed by atoms with van der Waals surface area (Å²) >= 11 is 0. The van der Waals surface area contributed by atoms with Crippen LogP contribution < -0.4 is 20.1 Å². The first-order valence-corrected chi connectivity index (χ1v) is 12.3. The fraction of sp³-hybridized carbons (Fsp3) is 0.429. The van der Waals surface area contributed by atoms with Crippen LogP contribution in [0.2, 0.25) is 0 Å². The smallest absolute Gasteiger partial charge is 0.318 e. The number of hydrogen-bond donors (Lipinski definition) is 2. The number of rotatable bonds is 9. The number of urea groups is 1. The molecule has 6 heteroatoms. The van der Waals surface area contributed by atoms with Gasteiger partial charge in [0.2, 0.25) is 0 Å². The predicted molar refractivity (Wildman–Crippen MR) is 134 cm³/mol. The molecule has 180 valence electrons. The first-order chi connectivity index (χ1) is 16.7. The topological polar surface area (TPSA) is 72.5 Å². The lowest BCUT2D eigenvalue weighted by Gasteiger charge is -2.27. The molecule has 1 aromatic heterocycles. The third kappa shape index (κ3) is 6.19. The first-order valence-electron chi connectivity index (χ1n) is 12.3. The molecule has 1 heterocycles. The summed E-state index contributed by atoms with van der Waals surface area (Å²) in [6.07, 6.45) is 16.7. The number of nitrogens with one attached hydrogen (secondary N) is 2. The molecule has 4 rings (SSSR count). The summed E-state index contributed by atoms with van der Waals surface area (Å²) in [6.45, 7) is 2.51. The summed E-state index contributed by atoms with van der Waals surface area (Å²) in [4.78, 5) is 16.3. The number of aromatic nitrogens is 1. The van der Waals surface area contributed by atoms with Crippen molar-refractivity contribution in [3.8, 4) is 11.5 Å². The van der Waals surface area contributed by atoms with E-state index < -0.39 is 0 Å². The number of amides is 2. The van der Waals surface area contributed by atoms with E-state index >= 15 is 0 Å². The number of hydrogen-bond acceptors (Lipinski definition) is 4. The van der Waals surface area contributed by atoms with Crippen LogP contribution in [0.4, 0.5) is 4.79 Å². The zero-order chi connectivity index (χ0) is 23.8. The zero-order valence-corrected chi connectivity index (χ0v) is 20.1. The van der Waals surface area contributed by atoms with Gasteiger partial charge in [0.1, 0.15) is 0 Å². The Hall–Kier alpha value is -3.28. The molecule has 2 aromatic rings. The zero-order valence-electron chi connectivity index (χ0n) is 20.1. The van der Waals surface area contributed by atoms with Crippen LogP contribution in [0, 0.1) is 5.92 Å². The third-order valence-electron chi connectivity index (χ3n) is 6.58. The van der Waals surface area contributed by atoms with E-state index in [-0.39, 0.29) is 24.0 Å². The summed E-state index contributed by atoms with van der Waals surface area (Å²) in [6, 6.07) is 10.3. The number of nitrogens with zero attached hydrogens (tertiary/aromatic N) is 1. The number of carbonyl (C=O) groups is 1. The SMILES string of the molecule is CCNC(=O)NC1=CC(C(Cc2ccncc2)c2ccc(OC)c(OC3CCCC3)c2)C=CC1. The van der Waals surface area contributed by atoms with Crippen molar-refractivity contribution < 1.29 is 14.3 Å². The number of benzene rings is 1. The van der Waals surface area contributed by atoms with E-state index in [1.807, 2.05) is 25.4 Å². The summed E-state index contributed by atoms with van der Waals surface area (Å²) in [7, 11) is 1.69. The molecule has 0 bridgehead atoms. The monoisotopic (exact) mass is 461 g/mol. The highest BCUT2D eigenvalue weighted by molar-refractivity contribution is 5.75. The van der Waals surface area contributed by atoms with E-state index in [2.05, 4.69) is 58.1 Å². The van der Waals surface area contributed by atoms with Gasteiger partial charge in [-0.25, -0.2) is 4.79 Å². The van der Waals surface area contributed by atoms with Gasteiger partial charge in [-0.05, 0) is 80.3 Å². The molecule has 34 heavy (non-hydrogen) atoms. The van der Waals surface area contributed by atoms with Crippen molar-refractivity contribution >= 4 is 6.03 Å². The van der Waals surface area contributed by atoms with Crippen molar-refractivity contribution in [2.24, 2.45) is 5.92 Å². The molecule has 1 fully saturated rings. The molecule has 0 saturated heterocycles. The molecular formula is C28H35N3O3. The molecule has 2 atom stereocenters. The fourth-order valence-electron chi connectivity index (χ4n) is 4.85. The maximum absolute atomic E-state index is 12.1. The lowest BCUT2D eigenvalue weighted by Crippen LogP contribution is -2.35. The van der Waals surface area contributed by atoms with Crippen LogP contribution in [0.25, 0.3) is 0 Å². The molecule has 1 saturated carbocycles. The Kier molecular flexibility index (Phi) is 8.23. The van der Waals surface area contributed by atoms with Crippen molar-refractivity contribution in [3.05, 3.63) is 77.8 Å². The van der Waals surface area contributed by atoms with E-state index in [0.29, 0.717) is 13.0 Å². The van der Waals surface area contributed by atoms with Crippen LogP contribution in [0.15, 0.2) is 66.7 Å². The van der Waals surface area contributed by atoms with Crippen LogP contribution >= 0.6 is 0 Å². The van der Waals surface area contributed by atoms with E-state index in [1.54, 1.807) is 7.11 Å². The second kappa shape index (κ2) is 11.7. The Bertz CT molecular complexity index is 1010. The summed E-state index contributed by atoms with van der Waals surface area (Å²) < 4.78 is 12.0. The highest BCUT2D eigenvalue weighted by Crippen LogP contribution is 2.39. The predicted octanol–water partition coefficient (Wildman–Crippen LogP) is 5.52. The Morgan fingerprint density at radius 3 is 2.68 bits per heavy atom. The van der Waals surface area contributed by atoms with Gasteiger partial charge in [0, 0.05) is 37.0 Å². The second-order valence-corrected chi connectivity index (χ2v) is 8.99. The minimum atomic E-state index is -0.162. The molecule has 1 aromatic carbocycles. The molecule has 6 nitrogen and oxygen atoms in total. The van der Waals surface area contributed by atoms with Crippen LogP contribution in [0.1, 0.15) is 56.1 Å². The minimum Gasteiger partial charge on any atom is -0.493 e. The van der Waals surface area contributed by atoms with Gasteiger partial charge >= 0.3 is 6.03 Å². The van der Waals surface area contributed by atoms with Gasteiger partial charge in [0.05, 0.1) is 13.2 Å². The molecule has 0 spiro atoms. The van der Waals surface area contributed by atoms with E-state index in [0.717, 1.165) is 36.5 Å². The second-order valence-electron chi connectivity index (χ2n) is 8.99. The molecule has 2 N–H and O–H groups in total. The number of allylic oxidation sites excluding steroid dienone is 3. The molecule has 2 aliphatic carbocycles. The first kappa shape index (κ1) is 23.9. The van der Waals surface area contributed by atoms with Gasteiger partial charge in [0.25, 0.3) is 0 Å². The lowest BCUT2D eigenvalue weighted by molar-refractivity contribution is 0.200. The number of methoxy groups -OCH3 is 1. The summed E-state index contributed by atoms with van der Waals surface area (Å²) in [5.74, 6) is 1.89. The standard InChI is InChI=1S/C28H35N3O3/c1-3-30-28(32)31-23-8-6-7-21(18-23)25(17-20-13-15-29-16-14-20)22-11-12-26(33-2)27(19-22)34-24-9-4-5-10-24/h6-7,11-16,18-19,21,24-25H,3-5,8-10,17H2,1-2H3,(H2,30,31,32). The van der Waals surface area contributed by atoms with Gasteiger partial charge in [0.15, 0.2) is 11.5 Å². The maximum Gasteiger partial charge on any atom is 0.318 e. The molecule has 2 aliphatic rings. The quantitative estimate of drug-likeness (QED) is 0.483. The lowest BCUT2D eigenvalue weighted by atomic mass is 9.79. The highest BCUT2D eigenvalue weighted by Gasteiger charge is 2.25. The fourth-order valence-corrected chi connectivity index (χ4v) is 4.85.